The zero-order chi connectivity index (χ0) is 18.0. The topological polar surface area (TPSA) is 89.5 Å². The van der Waals surface area contributed by atoms with E-state index in [2.05, 4.69) is 5.32 Å². The van der Waals surface area contributed by atoms with Crippen LogP contribution in [0, 0.1) is 5.92 Å². The van der Waals surface area contributed by atoms with Crippen molar-refractivity contribution >= 4 is 40.8 Å². The quantitative estimate of drug-likeness (QED) is 0.901. The summed E-state index contributed by atoms with van der Waals surface area (Å²) in [5.74, 6) is -2.35. The Morgan fingerprint density at radius 1 is 1.16 bits per heavy atom. The molecule has 1 fully saturated rings. The number of aromatic carboxylic acids is 1. The third-order valence-corrected chi connectivity index (χ3v) is 4.22. The highest BCUT2D eigenvalue weighted by Crippen LogP contribution is 2.27. The van der Waals surface area contributed by atoms with E-state index in [4.69, 9.17) is 11.6 Å². The number of carboxylic acid groups (broad SMARTS) is 1. The molecule has 0 aliphatic carbocycles. The third-order valence-electron chi connectivity index (χ3n) is 3.98. The van der Waals surface area contributed by atoms with Gasteiger partial charge in [0.25, 0.3) is 0 Å². The molecule has 1 heterocycles. The number of carbonyl (C=O) groups excluding carboxylic acids is 3. The van der Waals surface area contributed by atoms with E-state index in [-0.39, 0.29) is 30.3 Å². The molecule has 1 aliphatic heterocycles. The predicted octanol–water partition coefficient (Wildman–Crippen LogP) is 1.70. The Bertz CT molecular complexity index is 852. The summed E-state index contributed by atoms with van der Waals surface area (Å²) in [5, 5.41) is 14.0. The van der Waals surface area contributed by atoms with Crippen LogP contribution in [-0.2, 0) is 9.59 Å². The van der Waals surface area contributed by atoms with Crippen LogP contribution < -0.4 is 15.3 Å². The molecule has 2 aromatic carbocycles. The van der Waals surface area contributed by atoms with Crippen molar-refractivity contribution in [2.24, 2.45) is 5.92 Å². The second-order valence-corrected chi connectivity index (χ2v) is 6.18. The molecule has 1 aliphatic rings. The highest BCUT2D eigenvalue weighted by molar-refractivity contribution is 6.31. The lowest BCUT2D eigenvalue weighted by Crippen LogP contribution is -2.28. The van der Waals surface area contributed by atoms with Crippen molar-refractivity contribution in [3.05, 3.63) is 59.1 Å². The number of halogens is 1. The van der Waals surface area contributed by atoms with Gasteiger partial charge in [-0.05, 0) is 35.9 Å². The van der Waals surface area contributed by atoms with Crippen LogP contribution in [-0.4, -0.2) is 24.3 Å². The number of benzene rings is 2. The van der Waals surface area contributed by atoms with Crippen LogP contribution in [0.4, 0.5) is 11.4 Å². The van der Waals surface area contributed by atoms with Gasteiger partial charge >= 0.3 is 0 Å². The molecule has 1 N–H and O–H groups in total. The van der Waals surface area contributed by atoms with Crippen molar-refractivity contribution in [1.82, 2.24) is 0 Å². The number of nitrogens with one attached hydrogen (secondary N) is 1. The van der Waals surface area contributed by atoms with Crippen molar-refractivity contribution in [3.8, 4) is 0 Å². The Balaban J connectivity index is 1.71. The predicted molar refractivity (Wildman–Crippen MR) is 91.3 cm³/mol. The minimum Gasteiger partial charge on any atom is -0.545 e. The first-order valence-electron chi connectivity index (χ1n) is 7.62. The maximum Gasteiger partial charge on any atom is 0.229 e. The zero-order valence-electron chi connectivity index (χ0n) is 13.1. The van der Waals surface area contributed by atoms with E-state index in [9.17, 15) is 19.5 Å². The fourth-order valence-electron chi connectivity index (χ4n) is 2.75. The Labute approximate surface area is 149 Å². The first-order valence-corrected chi connectivity index (χ1v) is 8.00. The molecular formula is C18H14ClN2O4-. The van der Waals surface area contributed by atoms with Crippen molar-refractivity contribution in [2.75, 3.05) is 16.8 Å². The van der Waals surface area contributed by atoms with Crippen LogP contribution in [0.5, 0.6) is 0 Å². The lowest BCUT2D eigenvalue weighted by Gasteiger charge is -2.17. The highest BCUT2D eigenvalue weighted by Gasteiger charge is 2.35. The van der Waals surface area contributed by atoms with Gasteiger partial charge < -0.3 is 20.1 Å². The molecular weight excluding hydrogens is 344 g/mol. The third kappa shape index (κ3) is 3.80. The zero-order valence-corrected chi connectivity index (χ0v) is 13.8. The number of hydrogen-bond donors (Lipinski definition) is 1. The summed E-state index contributed by atoms with van der Waals surface area (Å²) in [6, 6.07) is 12.7. The van der Waals surface area contributed by atoms with Crippen molar-refractivity contribution in [1.29, 1.82) is 0 Å². The fourth-order valence-corrected chi connectivity index (χ4v) is 2.93. The summed E-state index contributed by atoms with van der Waals surface area (Å²) in [7, 11) is 0. The summed E-state index contributed by atoms with van der Waals surface area (Å²) in [5.41, 5.74) is 0.966. The minimum atomic E-state index is -1.32. The van der Waals surface area contributed by atoms with Crippen molar-refractivity contribution in [3.63, 3.8) is 0 Å². The van der Waals surface area contributed by atoms with Crippen molar-refractivity contribution < 1.29 is 19.5 Å². The molecule has 0 spiro atoms. The number of anilines is 2. The largest absolute Gasteiger partial charge is 0.545 e. The van der Waals surface area contributed by atoms with Gasteiger partial charge in [-0.3, -0.25) is 9.59 Å². The average molecular weight is 358 g/mol. The number of hydrogen-bond acceptors (Lipinski definition) is 4. The molecule has 128 valence electrons. The smallest absolute Gasteiger partial charge is 0.229 e. The van der Waals surface area contributed by atoms with Crippen LogP contribution >= 0.6 is 11.6 Å². The lowest BCUT2D eigenvalue weighted by atomic mass is 10.1. The summed E-state index contributed by atoms with van der Waals surface area (Å²) < 4.78 is 0. The van der Waals surface area contributed by atoms with E-state index in [1.807, 2.05) is 0 Å². The molecule has 0 radical (unpaired) electrons. The molecule has 3 rings (SSSR count). The van der Waals surface area contributed by atoms with Gasteiger partial charge in [-0.25, -0.2) is 0 Å². The SMILES string of the molecule is O=C([O-])c1cccc(NC(=O)[C@@H]2CC(=O)N(c3cccc(Cl)c3)C2)c1. The lowest BCUT2D eigenvalue weighted by molar-refractivity contribution is -0.255. The van der Waals surface area contributed by atoms with E-state index in [0.717, 1.165) is 0 Å². The summed E-state index contributed by atoms with van der Waals surface area (Å²) in [6.07, 6.45) is 0.0819. The number of amides is 2. The molecule has 2 amide bonds. The fraction of sp³-hybridized carbons (Fsp3) is 0.167. The molecule has 0 saturated carbocycles. The maximum atomic E-state index is 12.4. The number of rotatable bonds is 4. The van der Waals surface area contributed by atoms with Crippen LogP contribution in [0.15, 0.2) is 48.5 Å². The van der Waals surface area contributed by atoms with Crippen LogP contribution in [0.25, 0.3) is 0 Å². The van der Waals surface area contributed by atoms with Gasteiger partial charge in [0, 0.05) is 29.4 Å². The molecule has 2 aromatic rings. The molecule has 25 heavy (non-hydrogen) atoms. The van der Waals surface area contributed by atoms with Crippen LogP contribution in [0.1, 0.15) is 16.8 Å². The normalized spacial score (nSPS) is 16.8. The standard InChI is InChI=1S/C18H15ClN2O4/c19-13-4-2-6-15(9-13)21-10-12(8-16(21)22)17(23)20-14-5-1-3-11(7-14)18(24)25/h1-7,9,12H,8,10H2,(H,20,23)(H,24,25)/p-1/t12-/m1/s1. The van der Waals surface area contributed by atoms with Gasteiger partial charge in [0.2, 0.25) is 11.8 Å². The first kappa shape index (κ1) is 17.0. The average Bonchev–Trinajstić information content (AvgIpc) is 2.97. The van der Waals surface area contributed by atoms with Crippen LogP contribution in [0.3, 0.4) is 0 Å². The van der Waals surface area contributed by atoms with Crippen LogP contribution in [0.2, 0.25) is 5.02 Å². The maximum absolute atomic E-state index is 12.4. The second-order valence-electron chi connectivity index (χ2n) is 5.74. The van der Waals surface area contributed by atoms with E-state index >= 15 is 0 Å². The first-order chi connectivity index (χ1) is 11.9. The van der Waals surface area contributed by atoms with Gasteiger partial charge in [-0.15, -0.1) is 0 Å². The van der Waals surface area contributed by atoms with E-state index in [0.29, 0.717) is 16.4 Å². The monoisotopic (exact) mass is 357 g/mol. The minimum absolute atomic E-state index is 0.0270. The summed E-state index contributed by atoms with van der Waals surface area (Å²) in [6.45, 7) is 0.241. The van der Waals surface area contributed by atoms with E-state index in [1.165, 1.54) is 23.1 Å². The van der Waals surface area contributed by atoms with Gasteiger partial charge in [-0.1, -0.05) is 29.8 Å². The van der Waals surface area contributed by atoms with Crippen molar-refractivity contribution in [2.45, 2.75) is 6.42 Å². The molecule has 7 heteroatoms. The van der Waals surface area contributed by atoms with E-state index < -0.39 is 11.9 Å². The highest BCUT2D eigenvalue weighted by atomic mass is 35.5. The van der Waals surface area contributed by atoms with Gasteiger partial charge in [0.1, 0.15) is 0 Å². The molecule has 1 saturated heterocycles. The Hall–Kier alpha value is -2.86. The molecule has 0 bridgehead atoms. The number of nitrogens with zero attached hydrogens (tertiary/aromatic N) is 1. The summed E-state index contributed by atoms with van der Waals surface area (Å²) >= 11 is 5.95. The molecule has 6 nitrogen and oxygen atoms in total. The van der Waals surface area contributed by atoms with Gasteiger partial charge in [0.15, 0.2) is 0 Å². The Kier molecular flexibility index (Phi) is 4.72. The Morgan fingerprint density at radius 2 is 1.92 bits per heavy atom. The molecule has 1 atom stereocenters. The Morgan fingerprint density at radius 3 is 2.64 bits per heavy atom. The van der Waals surface area contributed by atoms with Gasteiger partial charge in [-0.2, -0.15) is 0 Å². The van der Waals surface area contributed by atoms with Gasteiger partial charge in [0.05, 0.1) is 11.9 Å². The summed E-state index contributed by atoms with van der Waals surface area (Å²) in [4.78, 5) is 37.0. The number of carbonyl (C=O) groups is 3. The molecule has 0 unspecified atom stereocenters. The second kappa shape index (κ2) is 6.94. The molecule has 0 aromatic heterocycles. The number of carboxylic acids is 1. The van der Waals surface area contributed by atoms with E-state index in [1.54, 1.807) is 30.3 Å².